The number of hydrogen-bond acceptors (Lipinski definition) is 6. The molecule has 0 saturated heterocycles. The summed E-state index contributed by atoms with van der Waals surface area (Å²) in [5, 5.41) is 0.633. The highest BCUT2D eigenvalue weighted by atomic mass is 31.2. The minimum Gasteiger partial charge on any atom is -0.305 e. The molecule has 9 heteroatoms. The lowest BCUT2D eigenvalue weighted by molar-refractivity contribution is 0.226. The molecule has 0 atom stereocenters. The van der Waals surface area contributed by atoms with E-state index in [-0.39, 0.29) is 31.7 Å². The molecule has 0 spiro atoms. The highest BCUT2D eigenvalue weighted by molar-refractivity contribution is 7.69. The summed E-state index contributed by atoms with van der Waals surface area (Å²) in [7, 11) is -8.93. The van der Waals surface area contributed by atoms with Gasteiger partial charge in [-0.15, -0.1) is 0 Å². The predicted molar refractivity (Wildman–Crippen MR) is 114 cm³/mol. The van der Waals surface area contributed by atoms with Gasteiger partial charge < -0.3 is 18.1 Å². The molecule has 0 bridgehead atoms. The third kappa shape index (κ3) is 6.64. The summed E-state index contributed by atoms with van der Waals surface area (Å²) in [4.78, 5) is 0. The van der Waals surface area contributed by atoms with Crippen LogP contribution in [0.1, 0.15) is 33.3 Å². The van der Waals surface area contributed by atoms with Crippen LogP contribution in [-0.4, -0.2) is 34.5 Å². The smallest absolute Gasteiger partial charge is 0.305 e. The van der Waals surface area contributed by atoms with Gasteiger partial charge >= 0.3 is 15.2 Å². The maximum Gasteiger partial charge on any atom is 0.362 e. The predicted octanol–water partition coefficient (Wildman–Crippen LogP) is 4.89. The zero-order chi connectivity index (χ0) is 20.7. The molecule has 0 amide bonds. The largest absolute Gasteiger partial charge is 0.362 e. The number of rotatable bonds is 12. The topological polar surface area (TPSA) is 71.1 Å². The van der Waals surface area contributed by atoms with Crippen molar-refractivity contribution < 1.29 is 27.2 Å². The van der Waals surface area contributed by atoms with Crippen LogP contribution < -0.4 is 10.6 Å². The normalized spacial score (nSPS) is 13.1. The standard InChI is InChI=1S/C18H34O6P2Si/c1-8-21-25(19,22-9-2)17-14-12-13-16(15-27(5,6)7)18(17)26(20,23-10-3)24-11-4/h12-14H,8-11,15H2,1-7H3. The summed E-state index contributed by atoms with van der Waals surface area (Å²) in [6, 6.07) is 6.11. The van der Waals surface area contributed by atoms with Crippen molar-refractivity contribution in [1.29, 1.82) is 0 Å². The SMILES string of the molecule is CCOP(=O)(OCC)c1cccc(C[Si](C)(C)C)c1P(=O)(OCC)OCC. The van der Waals surface area contributed by atoms with E-state index < -0.39 is 23.3 Å². The van der Waals surface area contributed by atoms with E-state index in [9.17, 15) is 9.13 Å². The fraction of sp³-hybridized carbons (Fsp3) is 0.667. The Morgan fingerprint density at radius 1 is 0.778 bits per heavy atom. The first kappa shape index (κ1) is 24.8. The van der Waals surface area contributed by atoms with Gasteiger partial charge in [0.05, 0.1) is 37.0 Å². The lowest BCUT2D eigenvalue weighted by Gasteiger charge is -2.28. The molecule has 27 heavy (non-hydrogen) atoms. The van der Waals surface area contributed by atoms with Crippen LogP contribution in [0.3, 0.4) is 0 Å². The molecule has 156 valence electrons. The van der Waals surface area contributed by atoms with Crippen molar-refractivity contribution in [2.45, 2.75) is 53.4 Å². The van der Waals surface area contributed by atoms with E-state index >= 15 is 0 Å². The Kier molecular flexibility index (Phi) is 9.63. The van der Waals surface area contributed by atoms with Crippen LogP contribution in [0.25, 0.3) is 0 Å². The van der Waals surface area contributed by atoms with Gasteiger partial charge in [-0.2, -0.15) is 0 Å². The molecule has 1 aromatic rings. The molecule has 0 radical (unpaired) electrons. The van der Waals surface area contributed by atoms with E-state index in [2.05, 4.69) is 19.6 Å². The second-order valence-corrected chi connectivity index (χ2v) is 16.6. The molecule has 6 nitrogen and oxygen atoms in total. The van der Waals surface area contributed by atoms with Crippen molar-refractivity contribution in [3.63, 3.8) is 0 Å². The maximum absolute atomic E-state index is 13.7. The van der Waals surface area contributed by atoms with Crippen molar-refractivity contribution in [1.82, 2.24) is 0 Å². The highest BCUT2D eigenvalue weighted by Gasteiger charge is 2.41. The van der Waals surface area contributed by atoms with Crippen molar-refractivity contribution in [3.8, 4) is 0 Å². The van der Waals surface area contributed by atoms with Gasteiger partial charge in [0.1, 0.15) is 0 Å². The molecule has 0 fully saturated rings. The van der Waals surface area contributed by atoms with Gasteiger partial charge in [-0.1, -0.05) is 31.8 Å². The molecule has 0 heterocycles. The van der Waals surface area contributed by atoms with E-state index in [1.807, 2.05) is 6.07 Å². The van der Waals surface area contributed by atoms with Crippen LogP contribution in [0.4, 0.5) is 0 Å². The molecule has 0 aliphatic heterocycles. The first-order chi connectivity index (χ1) is 12.6. The lowest BCUT2D eigenvalue weighted by Crippen LogP contribution is -2.35. The molecule has 0 aliphatic rings. The molecule has 0 N–H and O–H groups in total. The van der Waals surface area contributed by atoms with Gasteiger partial charge in [0.2, 0.25) is 0 Å². The van der Waals surface area contributed by atoms with Gasteiger partial charge in [-0.05, 0) is 45.4 Å². The van der Waals surface area contributed by atoms with Crippen LogP contribution >= 0.6 is 15.2 Å². The molecule has 1 aromatic carbocycles. The van der Waals surface area contributed by atoms with Crippen molar-refractivity contribution in [2.75, 3.05) is 26.4 Å². The second kappa shape index (κ2) is 10.5. The average Bonchev–Trinajstić information content (AvgIpc) is 2.54. The van der Waals surface area contributed by atoms with Crippen LogP contribution in [-0.2, 0) is 33.3 Å². The average molecular weight is 436 g/mol. The Morgan fingerprint density at radius 2 is 1.22 bits per heavy atom. The van der Waals surface area contributed by atoms with Gasteiger partial charge in [0.25, 0.3) is 0 Å². The fourth-order valence-corrected chi connectivity index (χ4v) is 8.75. The molecular formula is C18H34O6P2Si. The van der Waals surface area contributed by atoms with E-state index in [1.165, 1.54) is 0 Å². The molecule has 0 aliphatic carbocycles. The van der Waals surface area contributed by atoms with Crippen molar-refractivity contribution in [3.05, 3.63) is 23.8 Å². The summed E-state index contributed by atoms with van der Waals surface area (Å²) in [5.74, 6) is 0. The first-order valence-corrected chi connectivity index (χ1v) is 16.3. The Balaban J connectivity index is 3.80. The molecule has 0 aromatic heterocycles. The summed E-state index contributed by atoms with van der Waals surface area (Å²) >= 11 is 0. The van der Waals surface area contributed by atoms with Crippen LogP contribution in [0, 0.1) is 0 Å². The minimum atomic E-state index is -3.69. The third-order valence-corrected chi connectivity index (χ3v) is 9.63. The Morgan fingerprint density at radius 3 is 1.63 bits per heavy atom. The quantitative estimate of drug-likeness (QED) is 0.343. The maximum atomic E-state index is 13.7. The van der Waals surface area contributed by atoms with E-state index in [0.717, 1.165) is 11.6 Å². The number of benzene rings is 1. The molecule has 1 rings (SSSR count). The summed E-state index contributed by atoms with van der Waals surface area (Å²) in [6.07, 6.45) is 0. The monoisotopic (exact) mass is 436 g/mol. The minimum absolute atomic E-state index is 0.211. The fourth-order valence-electron chi connectivity index (χ4n) is 2.85. The van der Waals surface area contributed by atoms with Crippen molar-refractivity contribution >= 4 is 33.9 Å². The molecular weight excluding hydrogens is 402 g/mol. The van der Waals surface area contributed by atoms with Crippen LogP contribution in [0.15, 0.2) is 18.2 Å². The van der Waals surface area contributed by atoms with E-state index in [4.69, 9.17) is 18.1 Å². The summed E-state index contributed by atoms with van der Waals surface area (Å²) in [6.45, 7) is 14.5. The molecule has 0 unspecified atom stereocenters. The van der Waals surface area contributed by atoms with Crippen LogP contribution in [0.2, 0.25) is 19.6 Å². The summed E-state index contributed by atoms with van der Waals surface area (Å²) in [5.41, 5.74) is 0.830. The summed E-state index contributed by atoms with van der Waals surface area (Å²) < 4.78 is 49.6. The van der Waals surface area contributed by atoms with Gasteiger partial charge in [-0.3, -0.25) is 9.13 Å². The Hall–Kier alpha value is -0.263. The lowest BCUT2D eigenvalue weighted by atomic mass is 10.2. The zero-order valence-electron chi connectivity index (χ0n) is 17.6. The van der Waals surface area contributed by atoms with E-state index in [0.29, 0.717) is 5.30 Å². The van der Waals surface area contributed by atoms with Gasteiger partial charge in [-0.25, -0.2) is 0 Å². The van der Waals surface area contributed by atoms with Gasteiger partial charge in [0, 0.05) is 8.07 Å². The molecule has 0 saturated carbocycles. The Labute approximate surface area is 165 Å². The van der Waals surface area contributed by atoms with Crippen molar-refractivity contribution in [2.24, 2.45) is 0 Å². The van der Waals surface area contributed by atoms with Gasteiger partial charge in [0.15, 0.2) is 0 Å². The zero-order valence-corrected chi connectivity index (χ0v) is 20.4. The third-order valence-electron chi connectivity index (χ3n) is 3.58. The van der Waals surface area contributed by atoms with Crippen LogP contribution in [0.5, 0.6) is 0 Å². The number of hydrogen-bond donors (Lipinski definition) is 0. The highest BCUT2D eigenvalue weighted by Crippen LogP contribution is 2.53. The second-order valence-electron chi connectivity index (χ2n) is 7.19. The Bertz CT molecular complexity index is 682. The van der Waals surface area contributed by atoms with E-state index in [1.54, 1.807) is 39.8 Å². The first-order valence-electron chi connectivity index (χ1n) is 9.48.